The van der Waals surface area contributed by atoms with Crippen LogP contribution in [-0.2, 0) is 17.6 Å². The van der Waals surface area contributed by atoms with Crippen LogP contribution in [0.2, 0.25) is 0 Å². The highest BCUT2D eigenvalue weighted by atomic mass is 16.2. The van der Waals surface area contributed by atoms with E-state index in [1.807, 2.05) is 23.2 Å². The van der Waals surface area contributed by atoms with Gasteiger partial charge >= 0.3 is 0 Å². The number of para-hydroxylation sites is 1. The van der Waals surface area contributed by atoms with Crippen molar-refractivity contribution < 1.29 is 4.79 Å². The van der Waals surface area contributed by atoms with Crippen LogP contribution in [0.25, 0.3) is 10.9 Å². The van der Waals surface area contributed by atoms with Crippen LogP contribution in [0.15, 0.2) is 54.7 Å². The molecule has 0 radical (unpaired) electrons. The van der Waals surface area contributed by atoms with E-state index in [9.17, 15) is 4.79 Å². The minimum absolute atomic E-state index is 0.139. The number of piperazine rings is 1. The molecule has 0 saturated carbocycles. The highest BCUT2D eigenvalue weighted by molar-refractivity contribution is 5.86. The van der Waals surface area contributed by atoms with Crippen molar-refractivity contribution in [3.63, 3.8) is 0 Å². The van der Waals surface area contributed by atoms with E-state index in [-0.39, 0.29) is 11.9 Å². The molecule has 1 saturated heterocycles. The molecule has 2 N–H and O–H groups in total. The van der Waals surface area contributed by atoms with E-state index in [2.05, 4.69) is 53.6 Å². The molecular weight excluding hydrogens is 322 g/mol. The van der Waals surface area contributed by atoms with Crippen molar-refractivity contribution in [2.75, 3.05) is 19.6 Å². The van der Waals surface area contributed by atoms with Gasteiger partial charge in [0.25, 0.3) is 0 Å². The zero-order chi connectivity index (χ0) is 17.9. The molecule has 4 rings (SSSR count). The van der Waals surface area contributed by atoms with E-state index in [4.69, 9.17) is 0 Å². The summed E-state index contributed by atoms with van der Waals surface area (Å²) in [4.78, 5) is 18.3. The average Bonchev–Trinajstić information content (AvgIpc) is 3.07. The summed E-state index contributed by atoms with van der Waals surface area (Å²) in [5, 5.41) is 4.61. The Bertz CT molecular complexity index is 914. The molecule has 0 spiro atoms. The number of nitrogens with one attached hydrogen (secondary N) is 2. The summed E-state index contributed by atoms with van der Waals surface area (Å²) in [6.07, 6.45) is 3.67. The molecule has 1 fully saturated rings. The number of benzene rings is 2. The smallest absolute Gasteiger partial charge is 0.240 e. The van der Waals surface area contributed by atoms with Gasteiger partial charge in [0, 0.05) is 36.7 Å². The largest absolute Gasteiger partial charge is 0.361 e. The quantitative estimate of drug-likeness (QED) is 0.745. The average molecular weight is 347 g/mol. The molecule has 26 heavy (non-hydrogen) atoms. The van der Waals surface area contributed by atoms with Crippen LogP contribution in [0.3, 0.4) is 0 Å². The molecular formula is C22H25N3O. The van der Waals surface area contributed by atoms with Crippen molar-refractivity contribution >= 4 is 16.8 Å². The Morgan fingerprint density at radius 1 is 1.08 bits per heavy atom. The maximum absolute atomic E-state index is 12.9. The summed E-state index contributed by atoms with van der Waals surface area (Å²) >= 11 is 0. The predicted molar refractivity (Wildman–Crippen MR) is 105 cm³/mol. The third-order valence-corrected chi connectivity index (χ3v) is 5.39. The van der Waals surface area contributed by atoms with Crippen LogP contribution in [0.5, 0.6) is 0 Å². The molecule has 1 aliphatic rings. The van der Waals surface area contributed by atoms with Crippen molar-refractivity contribution in [3.8, 4) is 0 Å². The fraction of sp³-hybridized carbons (Fsp3) is 0.318. The van der Waals surface area contributed by atoms with Gasteiger partial charge in [0.1, 0.15) is 0 Å². The zero-order valence-corrected chi connectivity index (χ0v) is 15.2. The molecule has 3 aromatic rings. The predicted octanol–water partition coefficient (Wildman–Crippen LogP) is 3.06. The fourth-order valence-corrected chi connectivity index (χ4v) is 3.84. The molecule has 1 aliphatic heterocycles. The molecule has 4 nitrogen and oxygen atoms in total. The maximum atomic E-state index is 12.9. The van der Waals surface area contributed by atoms with E-state index in [0.717, 1.165) is 38.0 Å². The van der Waals surface area contributed by atoms with Gasteiger partial charge in [-0.1, -0.05) is 42.5 Å². The van der Waals surface area contributed by atoms with E-state index in [0.29, 0.717) is 0 Å². The normalized spacial score (nSPS) is 17.8. The molecule has 0 aliphatic carbocycles. The lowest BCUT2D eigenvalue weighted by atomic mass is 10.0. The van der Waals surface area contributed by atoms with Crippen molar-refractivity contribution in [1.82, 2.24) is 15.2 Å². The fourth-order valence-electron chi connectivity index (χ4n) is 3.84. The molecule has 2 aromatic carbocycles. The molecule has 2 heterocycles. The second-order valence-electron chi connectivity index (χ2n) is 7.07. The minimum atomic E-state index is -0.139. The number of rotatable bonds is 5. The number of aryl methyl sites for hydroxylation is 1. The Balaban J connectivity index is 1.43. The first kappa shape index (κ1) is 16.9. The standard InChI is InChI=1S/C22H25N3O/c1-16-6-2-3-7-17(16)10-12-25-13-11-23-21(22(25)26)14-18-15-24-20-9-5-4-8-19(18)20/h2-9,15,21,23-24H,10-14H2,1H3/t21-/m1/s1. The highest BCUT2D eigenvalue weighted by Gasteiger charge is 2.28. The summed E-state index contributed by atoms with van der Waals surface area (Å²) < 4.78 is 0. The monoisotopic (exact) mass is 347 g/mol. The second-order valence-corrected chi connectivity index (χ2v) is 7.07. The van der Waals surface area contributed by atoms with E-state index >= 15 is 0 Å². The van der Waals surface area contributed by atoms with Crippen molar-refractivity contribution in [3.05, 3.63) is 71.4 Å². The molecule has 1 aromatic heterocycles. The van der Waals surface area contributed by atoms with Gasteiger partial charge in [-0.25, -0.2) is 0 Å². The number of hydrogen-bond donors (Lipinski definition) is 2. The van der Waals surface area contributed by atoms with Crippen LogP contribution in [0.4, 0.5) is 0 Å². The molecule has 134 valence electrons. The van der Waals surface area contributed by atoms with Crippen LogP contribution in [0.1, 0.15) is 16.7 Å². The number of carbonyl (C=O) groups excluding carboxylic acids is 1. The minimum Gasteiger partial charge on any atom is -0.361 e. The van der Waals surface area contributed by atoms with Gasteiger partial charge in [-0.3, -0.25) is 4.79 Å². The van der Waals surface area contributed by atoms with E-state index in [1.54, 1.807) is 0 Å². The van der Waals surface area contributed by atoms with Gasteiger partial charge < -0.3 is 15.2 Å². The maximum Gasteiger partial charge on any atom is 0.240 e. The highest BCUT2D eigenvalue weighted by Crippen LogP contribution is 2.20. The lowest BCUT2D eigenvalue weighted by Gasteiger charge is -2.33. The molecule has 0 bridgehead atoms. The second kappa shape index (κ2) is 7.34. The summed E-state index contributed by atoms with van der Waals surface area (Å²) in [5.74, 6) is 0.218. The lowest BCUT2D eigenvalue weighted by Crippen LogP contribution is -2.56. The summed E-state index contributed by atoms with van der Waals surface area (Å²) in [6, 6.07) is 16.5. The SMILES string of the molecule is Cc1ccccc1CCN1CCN[C@H](Cc2c[nH]c3ccccc23)C1=O. The van der Waals surface area contributed by atoms with Crippen LogP contribution in [0, 0.1) is 6.92 Å². The Kier molecular flexibility index (Phi) is 4.76. The summed E-state index contributed by atoms with van der Waals surface area (Å²) in [6.45, 7) is 4.56. The molecule has 1 amide bonds. The summed E-state index contributed by atoms with van der Waals surface area (Å²) in [5.41, 5.74) is 4.95. The lowest BCUT2D eigenvalue weighted by molar-refractivity contribution is -0.135. The van der Waals surface area contributed by atoms with Gasteiger partial charge in [0.2, 0.25) is 5.91 Å². The van der Waals surface area contributed by atoms with E-state index < -0.39 is 0 Å². The number of H-pyrrole nitrogens is 1. The van der Waals surface area contributed by atoms with E-state index in [1.165, 1.54) is 22.1 Å². The number of fused-ring (bicyclic) bond motifs is 1. The number of amides is 1. The third kappa shape index (κ3) is 3.37. The summed E-state index contributed by atoms with van der Waals surface area (Å²) in [7, 11) is 0. The van der Waals surface area contributed by atoms with Gasteiger partial charge in [-0.15, -0.1) is 0 Å². The number of carbonyl (C=O) groups is 1. The van der Waals surface area contributed by atoms with Gasteiger partial charge in [0.15, 0.2) is 0 Å². The first-order chi connectivity index (χ1) is 12.7. The Morgan fingerprint density at radius 3 is 2.77 bits per heavy atom. The topological polar surface area (TPSA) is 48.1 Å². The van der Waals surface area contributed by atoms with Gasteiger partial charge in [-0.2, -0.15) is 0 Å². The molecule has 1 atom stereocenters. The van der Waals surface area contributed by atoms with Crippen molar-refractivity contribution in [2.45, 2.75) is 25.8 Å². The number of aromatic amines is 1. The van der Waals surface area contributed by atoms with Gasteiger partial charge in [-0.05, 0) is 42.5 Å². The Labute approximate surface area is 154 Å². The molecule has 0 unspecified atom stereocenters. The van der Waals surface area contributed by atoms with Crippen LogP contribution >= 0.6 is 0 Å². The Morgan fingerprint density at radius 2 is 1.88 bits per heavy atom. The third-order valence-electron chi connectivity index (χ3n) is 5.39. The van der Waals surface area contributed by atoms with Gasteiger partial charge in [0.05, 0.1) is 6.04 Å². The van der Waals surface area contributed by atoms with Crippen LogP contribution in [-0.4, -0.2) is 41.5 Å². The molecule has 4 heteroatoms. The Hall–Kier alpha value is -2.59. The number of aromatic nitrogens is 1. The number of nitrogens with zero attached hydrogens (tertiary/aromatic N) is 1. The van der Waals surface area contributed by atoms with Crippen molar-refractivity contribution in [1.29, 1.82) is 0 Å². The van der Waals surface area contributed by atoms with Crippen molar-refractivity contribution in [2.24, 2.45) is 0 Å². The first-order valence-corrected chi connectivity index (χ1v) is 9.34. The zero-order valence-electron chi connectivity index (χ0n) is 15.2. The first-order valence-electron chi connectivity index (χ1n) is 9.34. The van der Waals surface area contributed by atoms with Crippen LogP contribution < -0.4 is 5.32 Å². The number of hydrogen-bond acceptors (Lipinski definition) is 2.